The molecular weight excluding hydrogens is 290 g/mol. The molecule has 0 aromatic carbocycles. The standard InChI is InChI=1S/C11H15NO5S2/c1-3-11(15)5-12(6-11)19(16,17)8-4-7(2)9(18-8)10(13)14/h4,15H,3,5-6H2,1-2H3,(H,13,14). The lowest BCUT2D eigenvalue weighted by molar-refractivity contribution is -0.0612. The van der Waals surface area contributed by atoms with E-state index in [-0.39, 0.29) is 22.2 Å². The van der Waals surface area contributed by atoms with Crippen molar-refractivity contribution in [2.45, 2.75) is 30.1 Å². The molecule has 0 aliphatic carbocycles. The van der Waals surface area contributed by atoms with Crippen LogP contribution < -0.4 is 0 Å². The third kappa shape index (κ3) is 2.40. The van der Waals surface area contributed by atoms with Crippen molar-refractivity contribution in [3.8, 4) is 0 Å². The largest absolute Gasteiger partial charge is 0.477 e. The lowest BCUT2D eigenvalue weighted by atomic mass is 9.94. The average molecular weight is 305 g/mol. The Bertz CT molecular complexity index is 613. The van der Waals surface area contributed by atoms with E-state index < -0.39 is 21.6 Å². The molecular formula is C11H15NO5S2. The van der Waals surface area contributed by atoms with E-state index in [1.165, 1.54) is 10.4 Å². The minimum absolute atomic E-state index is 0.0144. The second-order valence-corrected chi connectivity index (χ2v) is 7.95. The highest BCUT2D eigenvalue weighted by Gasteiger charge is 2.46. The molecule has 6 nitrogen and oxygen atoms in total. The van der Waals surface area contributed by atoms with Gasteiger partial charge in [0.2, 0.25) is 0 Å². The molecule has 1 aromatic rings. The number of aromatic carboxylic acids is 1. The van der Waals surface area contributed by atoms with E-state index >= 15 is 0 Å². The Morgan fingerprint density at radius 3 is 2.53 bits per heavy atom. The number of nitrogens with zero attached hydrogens (tertiary/aromatic N) is 1. The first-order chi connectivity index (χ1) is 8.69. The molecule has 1 aliphatic heterocycles. The van der Waals surface area contributed by atoms with Gasteiger partial charge in [-0.05, 0) is 25.0 Å². The van der Waals surface area contributed by atoms with Crippen LogP contribution in [0.4, 0.5) is 0 Å². The van der Waals surface area contributed by atoms with Gasteiger partial charge in [-0.3, -0.25) is 0 Å². The number of aryl methyl sites for hydroxylation is 1. The van der Waals surface area contributed by atoms with Gasteiger partial charge < -0.3 is 10.2 Å². The number of β-amino-alcohol motifs (C(OH)–C–C–N with tert-alkyl or cyclic N) is 1. The Labute approximate surface area is 115 Å². The van der Waals surface area contributed by atoms with Gasteiger partial charge >= 0.3 is 5.97 Å². The first-order valence-corrected chi connectivity index (χ1v) is 8.01. The van der Waals surface area contributed by atoms with Crippen molar-refractivity contribution in [1.29, 1.82) is 0 Å². The molecule has 0 atom stereocenters. The van der Waals surface area contributed by atoms with Gasteiger partial charge in [0.25, 0.3) is 10.0 Å². The molecule has 0 spiro atoms. The second kappa shape index (κ2) is 4.55. The summed E-state index contributed by atoms with van der Waals surface area (Å²) in [6.45, 7) is 3.48. The van der Waals surface area contributed by atoms with Crippen LogP contribution in [0.25, 0.3) is 0 Å². The molecule has 0 bridgehead atoms. The molecule has 0 unspecified atom stereocenters. The van der Waals surface area contributed by atoms with Crippen LogP contribution in [0.15, 0.2) is 10.3 Å². The molecule has 0 amide bonds. The summed E-state index contributed by atoms with van der Waals surface area (Å²) in [5.41, 5.74) is -0.517. The fraction of sp³-hybridized carbons (Fsp3) is 0.545. The van der Waals surface area contributed by atoms with E-state index in [0.717, 1.165) is 11.3 Å². The highest BCUT2D eigenvalue weighted by Crippen LogP contribution is 2.34. The highest BCUT2D eigenvalue weighted by molar-refractivity contribution is 7.91. The Balaban J connectivity index is 2.27. The number of carbonyl (C=O) groups is 1. The van der Waals surface area contributed by atoms with Gasteiger partial charge in [0.15, 0.2) is 0 Å². The number of rotatable bonds is 4. The quantitative estimate of drug-likeness (QED) is 0.862. The fourth-order valence-electron chi connectivity index (χ4n) is 1.92. The highest BCUT2D eigenvalue weighted by atomic mass is 32.2. The van der Waals surface area contributed by atoms with Crippen LogP contribution in [0, 0.1) is 6.92 Å². The SMILES string of the molecule is CCC1(O)CN(S(=O)(=O)c2cc(C)c(C(=O)O)s2)C1. The van der Waals surface area contributed by atoms with Crippen LogP contribution >= 0.6 is 11.3 Å². The Hall–Kier alpha value is -0.960. The van der Waals surface area contributed by atoms with E-state index in [1.54, 1.807) is 13.8 Å². The van der Waals surface area contributed by atoms with Crippen molar-refractivity contribution in [1.82, 2.24) is 4.31 Å². The third-order valence-electron chi connectivity index (χ3n) is 3.28. The van der Waals surface area contributed by atoms with Crippen LogP contribution in [0.5, 0.6) is 0 Å². The van der Waals surface area contributed by atoms with E-state index in [1.807, 2.05) is 0 Å². The van der Waals surface area contributed by atoms with Crippen LogP contribution in [0.3, 0.4) is 0 Å². The van der Waals surface area contributed by atoms with Crippen molar-refractivity contribution >= 4 is 27.3 Å². The van der Waals surface area contributed by atoms with Gasteiger partial charge in [0.05, 0.1) is 5.60 Å². The number of sulfonamides is 1. The normalized spacial score (nSPS) is 19.1. The number of carboxylic acids is 1. The zero-order valence-electron chi connectivity index (χ0n) is 10.6. The van der Waals surface area contributed by atoms with Gasteiger partial charge in [0, 0.05) is 13.1 Å². The first-order valence-electron chi connectivity index (χ1n) is 5.76. The molecule has 1 fully saturated rings. The molecule has 0 saturated carbocycles. The van der Waals surface area contributed by atoms with E-state index in [9.17, 15) is 18.3 Å². The summed E-state index contributed by atoms with van der Waals surface area (Å²) in [5, 5.41) is 18.8. The summed E-state index contributed by atoms with van der Waals surface area (Å²) in [6, 6.07) is 1.37. The molecule has 0 radical (unpaired) electrons. The summed E-state index contributed by atoms with van der Waals surface area (Å²) in [7, 11) is -3.69. The Kier molecular flexibility index (Phi) is 3.46. The summed E-state index contributed by atoms with van der Waals surface area (Å²) < 4.78 is 25.7. The Morgan fingerprint density at radius 1 is 1.53 bits per heavy atom. The third-order valence-corrected chi connectivity index (χ3v) is 6.75. The maximum atomic E-state index is 12.2. The molecule has 8 heteroatoms. The minimum atomic E-state index is -3.69. The minimum Gasteiger partial charge on any atom is -0.477 e. The number of hydrogen-bond donors (Lipinski definition) is 2. The van der Waals surface area contributed by atoms with Gasteiger partial charge in [-0.2, -0.15) is 4.31 Å². The van der Waals surface area contributed by atoms with E-state index in [0.29, 0.717) is 12.0 Å². The van der Waals surface area contributed by atoms with Crippen molar-refractivity contribution in [2.75, 3.05) is 13.1 Å². The predicted molar refractivity (Wildman–Crippen MR) is 70.0 cm³/mol. The molecule has 1 aliphatic rings. The molecule has 1 aromatic heterocycles. The van der Waals surface area contributed by atoms with Crippen molar-refractivity contribution < 1.29 is 23.4 Å². The molecule has 2 N–H and O–H groups in total. The maximum absolute atomic E-state index is 12.2. The lowest BCUT2D eigenvalue weighted by Gasteiger charge is -2.44. The van der Waals surface area contributed by atoms with Crippen molar-refractivity contribution in [3.63, 3.8) is 0 Å². The monoisotopic (exact) mass is 305 g/mol. The molecule has 19 heavy (non-hydrogen) atoms. The van der Waals surface area contributed by atoms with Crippen LogP contribution in [0.2, 0.25) is 0 Å². The van der Waals surface area contributed by atoms with Crippen molar-refractivity contribution in [2.24, 2.45) is 0 Å². The van der Waals surface area contributed by atoms with E-state index in [2.05, 4.69) is 0 Å². The van der Waals surface area contributed by atoms with Gasteiger partial charge in [0.1, 0.15) is 9.09 Å². The average Bonchev–Trinajstić information content (AvgIpc) is 2.67. The fourth-order valence-corrected chi connectivity index (χ4v) is 5.06. The van der Waals surface area contributed by atoms with Crippen LogP contribution in [-0.2, 0) is 10.0 Å². The van der Waals surface area contributed by atoms with Gasteiger partial charge in [-0.1, -0.05) is 6.92 Å². The molecule has 106 valence electrons. The number of hydrogen-bond acceptors (Lipinski definition) is 5. The predicted octanol–water partition coefficient (Wildman–Crippen LogP) is 0.900. The van der Waals surface area contributed by atoms with Crippen LogP contribution in [0.1, 0.15) is 28.6 Å². The summed E-state index contributed by atoms with van der Waals surface area (Å²) >= 11 is 0.749. The van der Waals surface area contributed by atoms with Crippen molar-refractivity contribution in [3.05, 3.63) is 16.5 Å². The lowest BCUT2D eigenvalue weighted by Crippen LogP contribution is -2.62. The maximum Gasteiger partial charge on any atom is 0.346 e. The molecule has 1 saturated heterocycles. The molecule has 2 heterocycles. The number of aliphatic hydroxyl groups is 1. The zero-order chi connectivity index (χ0) is 14.4. The van der Waals surface area contributed by atoms with Crippen LogP contribution in [-0.4, -0.2) is 47.6 Å². The smallest absolute Gasteiger partial charge is 0.346 e. The number of carboxylic acid groups (broad SMARTS) is 1. The number of thiophene rings is 1. The van der Waals surface area contributed by atoms with E-state index in [4.69, 9.17) is 5.11 Å². The first kappa shape index (κ1) is 14.4. The second-order valence-electron chi connectivity index (χ2n) is 4.73. The Morgan fingerprint density at radius 2 is 2.11 bits per heavy atom. The summed E-state index contributed by atoms with van der Waals surface area (Å²) in [6.07, 6.45) is 0.489. The van der Waals surface area contributed by atoms with Gasteiger partial charge in [-0.15, -0.1) is 11.3 Å². The zero-order valence-corrected chi connectivity index (χ0v) is 12.2. The molecule has 2 rings (SSSR count). The topological polar surface area (TPSA) is 94.9 Å². The summed E-state index contributed by atoms with van der Waals surface area (Å²) in [4.78, 5) is 11.0. The summed E-state index contributed by atoms with van der Waals surface area (Å²) in [5.74, 6) is -1.13. The van der Waals surface area contributed by atoms with Gasteiger partial charge in [-0.25, -0.2) is 13.2 Å².